The molecule has 3 rings (SSSR count). The maximum atomic E-state index is 12.9. The van der Waals surface area contributed by atoms with Crippen LogP contribution in [0.1, 0.15) is 64.2 Å². The molecule has 0 saturated heterocycles. The third-order valence-electron chi connectivity index (χ3n) is 5.76. The topological polar surface area (TPSA) is 46.3 Å². The Kier molecular flexibility index (Phi) is 4.82. The molecule has 3 saturated carbocycles. The van der Waals surface area contributed by atoms with Crippen LogP contribution in [0, 0.1) is 17.8 Å². The molecule has 0 heterocycles. The van der Waals surface area contributed by atoms with Gasteiger partial charge in [-0.05, 0) is 43.9 Å². The van der Waals surface area contributed by atoms with Crippen molar-refractivity contribution in [2.24, 2.45) is 23.5 Å². The standard InChI is InChI=1S/C17H28N2OS/c18-16(21)9-10-19(15-7-8-15)17(20)14-6-5-12-3-1-2-4-13(12)11-14/h12-15H,1-11H2,(H2,18,21). The lowest BCUT2D eigenvalue weighted by Gasteiger charge is -2.40. The molecule has 118 valence electrons. The smallest absolute Gasteiger partial charge is 0.225 e. The molecule has 0 aromatic rings. The largest absolute Gasteiger partial charge is 0.393 e. The van der Waals surface area contributed by atoms with Crippen molar-refractivity contribution in [1.29, 1.82) is 0 Å². The van der Waals surface area contributed by atoms with Crippen molar-refractivity contribution < 1.29 is 4.79 Å². The second-order valence-electron chi connectivity index (χ2n) is 7.29. The number of nitrogens with zero attached hydrogens (tertiary/aromatic N) is 1. The Morgan fingerprint density at radius 2 is 1.76 bits per heavy atom. The van der Waals surface area contributed by atoms with Crippen LogP contribution in [-0.2, 0) is 4.79 Å². The first kappa shape index (κ1) is 15.3. The lowest BCUT2D eigenvalue weighted by atomic mass is 9.67. The summed E-state index contributed by atoms with van der Waals surface area (Å²) in [4.78, 5) is 15.5. The van der Waals surface area contributed by atoms with Gasteiger partial charge in [0.25, 0.3) is 0 Å². The van der Waals surface area contributed by atoms with E-state index in [2.05, 4.69) is 4.90 Å². The van der Waals surface area contributed by atoms with E-state index in [1.807, 2.05) is 0 Å². The number of hydrogen-bond donors (Lipinski definition) is 1. The minimum atomic E-state index is 0.274. The Balaban J connectivity index is 1.58. The third-order valence-corrected chi connectivity index (χ3v) is 5.96. The summed E-state index contributed by atoms with van der Waals surface area (Å²) < 4.78 is 0. The number of hydrogen-bond acceptors (Lipinski definition) is 2. The molecule has 0 spiro atoms. The first-order valence-corrected chi connectivity index (χ1v) is 9.14. The van der Waals surface area contributed by atoms with E-state index in [0.29, 0.717) is 23.4 Å². The van der Waals surface area contributed by atoms with E-state index in [1.165, 1.54) is 44.9 Å². The fourth-order valence-corrected chi connectivity index (χ4v) is 4.51. The van der Waals surface area contributed by atoms with Gasteiger partial charge in [0.2, 0.25) is 5.91 Å². The SMILES string of the molecule is NC(=S)CCN(C(=O)C1CCC2CCCCC2C1)C1CC1. The van der Waals surface area contributed by atoms with E-state index < -0.39 is 0 Å². The molecule has 0 aromatic carbocycles. The highest BCUT2D eigenvalue weighted by molar-refractivity contribution is 7.80. The van der Waals surface area contributed by atoms with Crippen molar-refractivity contribution in [2.45, 2.75) is 70.3 Å². The van der Waals surface area contributed by atoms with Gasteiger partial charge in [-0.3, -0.25) is 4.79 Å². The average Bonchev–Trinajstić information content (AvgIpc) is 3.31. The molecule has 3 nitrogen and oxygen atoms in total. The van der Waals surface area contributed by atoms with Crippen molar-refractivity contribution in [3.8, 4) is 0 Å². The summed E-state index contributed by atoms with van der Waals surface area (Å²) in [5, 5.41) is 0. The second-order valence-corrected chi connectivity index (χ2v) is 7.82. The van der Waals surface area contributed by atoms with Gasteiger partial charge in [0, 0.05) is 24.9 Å². The number of nitrogens with two attached hydrogens (primary N) is 1. The number of rotatable bonds is 5. The zero-order valence-electron chi connectivity index (χ0n) is 12.9. The van der Waals surface area contributed by atoms with E-state index in [0.717, 1.165) is 31.2 Å². The Hall–Kier alpha value is -0.640. The monoisotopic (exact) mass is 308 g/mol. The molecule has 21 heavy (non-hydrogen) atoms. The molecular weight excluding hydrogens is 280 g/mol. The molecule has 2 N–H and O–H groups in total. The van der Waals surface area contributed by atoms with Crippen LogP contribution in [0.3, 0.4) is 0 Å². The molecule has 3 fully saturated rings. The van der Waals surface area contributed by atoms with E-state index in [1.54, 1.807) is 0 Å². The lowest BCUT2D eigenvalue weighted by molar-refractivity contribution is -0.138. The quantitative estimate of drug-likeness (QED) is 0.793. The van der Waals surface area contributed by atoms with Crippen LogP contribution in [0.25, 0.3) is 0 Å². The number of carbonyl (C=O) groups is 1. The molecule has 3 unspecified atom stereocenters. The Labute approximate surface area is 133 Å². The van der Waals surface area contributed by atoms with Crippen molar-refractivity contribution in [3.05, 3.63) is 0 Å². The maximum Gasteiger partial charge on any atom is 0.225 e. The highest BCUT2D eigenvalue weighted by Gasteiger charge is 2.40. The first-order valence-electron chi connectivity index (χ1n) is 8.74. The summed E-state index contributed by atoms with van der Waals surface area (Å²) in [5.41, 5.74) is 5.62. The molecule has 4 heteroatoms. The van der Waals surface area contributed by atoms with Crippen molar-refractivity contribution in [3.63, 3.8) is 0 Å². The average molecular weight is 308 g/mol. The molecule has 0 radical (unpaired) electrons. The van der Waals surface area contributed by atoms with Gasteiger partial charge in [0.1, 0.15) is 0 Å². The fourth-order valence-electron chi connectivity index (χ4n) is 4.42. The van der Waals surface area contributed by atoms with Gasteiger partial charge < -0.3 is 10.6 Å². The summed E-state index contributed by atoms with van der Waals surface area (Å²) >= 11 is 4.98. The number of fused-ring (bicyclic) bond motifs is 1. The molecule has 3 aliphatic rings. The van der Waals surface area contributed by atoms with Crippen LogP contribution in [-0.4, -0.2) is 28.4 Å². The third kappa shape index (κ3) is 3.77. The first-order chi connectivity index (χ1) is 10.1. The van der Waals surface area contributed by atoms with Crippen LogP contribution >= 0.6 is 12.2 Å². The van der Waals surface area contributed by atoms with Gasteiger partial charge in [-0.15, -0.1) is 0 Å². The highest BCUT2D eigenvalue weighted by atomic mass is 32.1. The molecule has 1 amide bonds. The second kappa shape index (κ2) is 6.64. The maximum absolute atomic E-state index is 12.9. The van der Waals surface area contributed by atoms with E-state index in [-0.39, 0.29) is 5.92 Å². The predicted molar refractivity (Wildman–Crippen MR) is 88.9 cm³/mol. The number of amides is 1. The van der Waals surface area contributed by atoms with Crippen molar-refractivity contribution >= 4 is 23.1 Å². The van der Waals surface area contributed by atoms with Gasteiger partial charge in [0.15, 0.2) is 0 Å². The number of thiocarbonyl (C=S) groups is 1. The van der Waals surface area contributed by atoms with Crippen LogP contribution in [0.2, 0.25) is 0 Å². The van der Waals surface area contributed by atoms with Gasteiger partial charge >= 0.3 is 0 Å². The fraction of sp³-hybridized carbons (Fsp3) is 0.882. The van der Waals surface area contributed by atoms with Crippen LogP contribution < -0.4 is 5.73 Å². The minimum Gasteiger partial charge on any atom is -0.393 e. The van der Waals surface area contributed by atoms with Gasteiger partial charge in [0.05, 0.1) is 4.99 Å². The van der Waals surface area contributed by atoms with E-state index in [4.69, 9.17) is 18.0 Å². The molecule has 3 aliphatic carbocycles. The molecule has 0 aromatic heterocycles. The lowest BCUT2D eigenvalue weighted by Crippen LogP contribution is -2.42. The minimum absolute atomic E-state index is 0.274. The van der Waals surface area contributed by atoms with Gasteiger partial charge in [-0.1, -0.05) is 37.9 Å². The Morgan fingerprint density at radius 3 is 2.43 bits per heavy atom. The highest BCUT2D eigenvalue weighted by Crippen LogP contribution is 2.43. The Bertz CT molecular complexity index is 408. The van der Waals surface area contributed by atoms with Gasteiger partial charge in [-0.25, -0.2) is 0 Å². The predicted octanol–water partition coefficient (Wildman–Crippen LogP) is 3.26. The normalized spacial score (nSPS) is 32.3. The molecule has 0 aliphatic heterocycles. The van der Waals surface area contributed by atoms with Crippen molar-refractivity contribution in [1.82, 2.24) is 4.90 Å². The Morgan fingerprint density at radius 1 is 1.05 bits per heavy atom. The number of carbonyl (C=O) groups excluding carboxylic acids is 1. The summed E-state index contributed by atoms with van der Waals surface area (Å²) in [5.74, 6) is 2.40. The molecule has 3 atom stereocenters. The summed E-state index contributed by atoms with van der Waals surface area (Å²) in [6.07, 6.45) is 12.1. The molecule has 0 bridgehead atoms. The summed E-state index contributed by atoms with van der Waals surface area (Å²) in [6, 6.07) is 0.482. The zero-order valence-corrected chi connectivity index (χ0v) is 13.7. The van der Waals surface area contributed by atoms with Crippen molar-refractivity contribution in [2.75, 3.05) is 6.54 Å². The van der Waals surface area contributed by atoms with Crippen LogP contribution in [0.5, 0.6) is 0 Å². The van der Waals surface area contributed by atoms with E-state index >= 15 is 0 Å². The van der Waals surface area contributed by atoms with Crippen LogP contribution in [0.15, 0.2) is 0 Å². The van der Waals surface area contributed by atoms with E-state index in [9.17, 15) is 4.79 Å². The van der Waals surface area contributed by atoms with Crippen LogP contribution in [0.4, 0.5) is 0 Å². The summed E-state index contributed by atoms with van der Waals surface area (Å²) in [6.45, 7) is 0.740. The van der Waals surface area contributed by atoms with Gasteiger partial charge in [-0.2, -0.15) is 0 Å². The molecular formula is C17H28N2OS. The zero-order chi connectivity index (χ0) is 14.8. The summed E-state index contributed by atoms with van der Waals surface area (Å²) in [7, 11) is 0.